The predicted octanol–water partition coefficient (Wildman–Crippen LogP) is -1.10. The molecule has 0 bridgehead atoms. The number of nitrogen functional groups attached to an aromatic ring is 1. The molecule has 0 unspecified atom stereocenters. The molecule has 1 rings (SSSR count). The quantitative estimate of drug-likeness (QED) is 0.468. The Balaban J connectivity index is 3.09. The number of nitrogens with zero attached hydrogens (tertiary/aromatic N) is 3. The van der Waals surface area contributed by atoms with Crippen molar-refractivity contribution in [2.24, 2.45) is 0 Å². The molecule has 5 heteroatoms. The minimum absolute atomic E-state index is 0.250. The van der Waals surface area contributed by atoms with Gasteiger partial charge in [0.1, 0.15) is 0 Å². The first-order valence-electron chi connectivity index (χ1n) is 1.95. The normalized spacial score (nSPS) is 9.00. The van der Waals surface area contributed by atoms with Crippen molar-refractivity contribution in [2.75, 3.05) is 5.73 Å². The zero-order valence-corrected chi connectivity index (χ0v) is 3.98. The highest BCUT2D eigenvalue weighted by Gasteiger charge is 1.92. The van der Waals surface area contributed by atoms with Crippen molar-refractivity contribution >= 4 is 12.2 Å². The van der Waals surface area contributed by atoms with Crippen LogP contribution < -0.4 is 5.73 Å². The second-order valence-corrected chi connectivity index (χ2v) is 1.21. The zero-order chi connectivity index (χ0) is 5.98. The summed E-state index contributed by atoms with van der Waals surface area (Å²) in [6, 6.07) is 0. The van der Waals surface area contributed by atoms with Crippen LogP contribution in [0.15, 0.2) is 6.20 Å². The number of hydrogen-bond acceptors (Lipinski definition) is 4. The molecule has 0 amide bonds. The molecule has 0 aliphatic heterocycles. The van der Waals surface area contributed by atoms with Crippen molar-refractivity contribution in [3.05, 3.63) is 6.20 Å². The second-order valence-electron chi connectivity index (χ2n) is 1.21. The Labute approximate surface area is 45.1 Å². The third-order valence-electron chi connectivity index (χ3n) is 0.702. The number of rotatable bonds is 1. The Morgan fingerprint density at radius 3 is 2.88 bits per heavy atom. The van der Waals surface area contributed by atoms with Gasteiger partial charge in [-0.05, 0) is 0 Å². The van der Waals surface area contributed by atoms with E-state index in [1.165, 1.54) is 6.20 Å². The summed E-state index contributed by atoms with van der Waals surface area (Å²) in [7, 11) is 0. The molecule has 0 spiro atoms. The highest BCUT2D eigenvalue weighted by Crippen LogP contribution is 1.89. The average Bonchev–Trinajstić information content (AvgIpc) is 2.14. The van der Waals surface area contributed by atoms with Crippen LogP contribution >= 0.6 is 0 Å². The fourth-order valence-electron chi connectivity index (χ4n) is 0.333. The van der Waals surface area contributed by atoms with Crippen LogP contribution in [0.3, 0.4) is 0 Å². The van der Waals surface area contributed by atoms with E-state index in [1.54, 1.807) is 0 Å². The van der Waals surface area contributed by atoms with Crippen molar-refractivity contribution in [3.63, 3.8) is 0 Å². The van der Waals surface area contributed by atoms with Gasteiger partial charge in [0, 0.05) is 0 Å². The van der Waals surface area contributed by atoms with Crippen LogP contribution in [0.2, 0.25) is 0 Å². The lowest BCUT2D eigenvalue weighted by atomic mass is 10.8. The third-order valence-corrected chi connectivity index (χ3v) is 0.702. The molecule has 8 heavy (non-hydrogen) atoms. The Hall–Kier alpha value is -1.39. The molecule has 0 fully saturated rings. The van der Waals surface area contributed by atoms with Gasteiger partial charge in [-0.2, -0.15) is 4.68 Å². The lowest BCUT2D eigenvalue weighted by Crippen LogP contribution is -2.01. The molecule has 0 atom stereocenters. The fourth-order valence-corrected chi connectivity index (χ4v) is 0.333. The maximum absolute atomic E-state index is 9.87. The first-order valence-corrected chi connectivity index (χ1v) is 1.95. The Bertz CT molecular complexity index is 193. The molecule has 5 nitrogen and oxygen atoms in total. The number of hydrogen-bond donors (Lipinski definition) is 1. The maximum Gasteiger partial charge on any atom is 0.237 e. The van der Waals surface area contributed by atoms with Gasteiger partial charge in [0.05, 0.1) is 6.20 Å². The van der Waals surface area contributed by atoms with Crippen LogP contribution in [0.1, 0.15) is 0 Å². The summed E-state index contributed by atoms with van der Waals surface area (Å²) in [4.78, 5) is 9.87. The van der Waals surface area contributed by atoms with Crippen LogP contribution in [0.25, 0.3) is 0 Å². The van der Waals surface area contributed by atoms with Crippen molar-refractivity contribution in [1.29, 1.82) is 0 Å². The van der Waals surface area contributed by atoms with Crippen LogP contribution in [-0.4, -0.2) is 21.4 Å². The molecule has 42 valence electrons. The topological polar surface area (TPSA) is 73.8 Å². The lowest BCUT2D eigenvalue weighted by Gasteiger charge is -1.83. The van der Waals surface area contributed by atoms with E-state index in [4.69, 9.17) is 5.73 Å². The second kappa shape index (κ2) is 1.61. The van der Waals surface area contributed by atoms with E-state index in [0.29, 0.717) is 6.41 Å². The summed E-state index contributed by atoms with van der Waals surface area (Å²) in [6.07, 6.45) is 1.79. The molecule has 1 heterocycles. The summed E-state index contributed by atoms with van der Waals surface area (Å²) in [5.74, 6) is 0.250. The zero-order valence-electron chi connectivity index (χ0n) is 3.98. The van der Waals surface area contributed by atoms with Gasteiger partial charge in [-0.25, -0.2) is 0 Å². The van der Waals surface area contributed by atoms with Crippen LogP contribution in [-0.2, 0) is 4.79 Å². The van der Waals surface area contributed by atoms with Crippen molar-refractivity contribution < 1.29 is 4.79 Å². The molecular formula is C3H4N4O. The van der Waals surface area contributed by atoms with E-state index < -0.39 is 0 Å². The Morgan fingerprint density at radius 1 is 1.88 bits per heavy atom. The average molecular weight is 112 g/mol. The maximum atomic E-state index is 9.87. The van der Waals surface area contributed by atoms with Crippen LogP contribution in [0.4, 0.5) is 5.82 Å². The van der Waals surface area contributed by atoms with E-state index in [-0.39, 0.29) is 5.82 Å². The first kappa shape index (κ1) is 4.76. The monoisotopic (exact) mass is 112 g/mol. The molecule has 0 aliphatic rings. The number of carbonyl (C=O) groups is 1. The molecule has 0 aliphatic carbocycles. The minimum atomic E-state index is 0.250. The van der Waals surface area contributed by atoms with Gasteiger partial charge in [0.25, 0.3) is 0 Å². The number of carbonyl (C=O) groups excluding carboxylic acids is 1. The molecular weight excluding hydrogens is 108 g/mol. The van der Waals surface area contributed by atoms with Crippen LogP contribution in [0.5, 0.6) is 0 Å². The molecule has 2 N–H and O–H groups in total. The number of aromatic nitrogens is 3. The van der Waals surface area contributed by atoms with E-state index >= 15 is 0 Å². The van der Waals surface area contributed by atoms with E-state index in [1.807, 2.05) is 0 Å². The van der Waals surface area contributed by atoms with Crippen molar-refractivity contribution in [2.45, 2.75) is 0 Å². The summed E-state index contributed by atoms with van der Waals surface area (Å²) in [5, 5.41) is 6.66. The smallest absolute Gasteiger partial charge is 0.237 e. The molecule has 1 aromatic rings. The molecule has 0 aromatic carbocycles. The highest BCUT2D eigenvalue weighted by atomic mass is 16.1. The van der Waals surface area contributed by atoms with Gasteiger partial charge in [-0.1, -0.05) is 5.21 Å². The van der Waals surface area contributed by atoms with E-state index in [9.17, 15) is 4.79 Å². The van der Waals surface area contributed by atoms with E-state index in [0.717, 1.165) is 4.68 Å². The SMILES string of the molecule is Nc1cnnn1C=O. The number of anilines is 1. The molecule has 0 saturated carbocycles. The third kappa shape index (κ3) is 0.534. The summed E-state index contributed by atoms with van der Waals surface area (Å²) in [6.45, 7) is 0. The minimum Gasteiger partial charge on any atom is -0.382 e. The lowest BCUT2D eigenvalue weighted by molar-refractivity contribution is 0.539. The van der Waals surface area contributed by atoms with Crippen LogP contribution in [0, 0.1) is 0 Å². The predicted molar refractivity (Wildman–Crippen MR) is 26.6 cm³/mol. The standard InChI is InChI=1S/C3H4N4O/c4-3-1-5-6-7(3)2-8/h1-2H,4H2. The van der Waals surface area contributed by atoms with Gasteiger partial charge in [-0.3, -0.25) is 4.79 Å². The van der Waals surface area contributed by atoms with Gasteiger partial charge in [0.2, 0.25) is 6.41 Å². The molecule has 0 saturated heterocycles. The highest BCUT2D eigenvalue weighted by molar-refractivity contribution is 5.56. The fraction of sp³-hybridized carbons (Fsp3) is 0. The van der Waals surface area contributed by atoms with Gasteiger partial charge < -0.3 is 5.73 Å². The van der Waals surface area contributed by atoms with Crippen molar-refractivity contribution in [1.82, 2.24) is 15.0 Å². The van der Waals surface area contributed by atoms with Gasteiger partial charge >= 0.3 is 0 Å². The summed E-state index contributed by atoms with van der Waals surface area (Å²) in [5.41, 5.74) is 5.16. The Kier molecular flexibility index (Phi) is 0.957. The summed E-state index contributed by atoms with van der Waals surface area (Å²) < 4.78 is 0.944. The molecule has 0 radical (unpaired) electrons. The largest absolute Gasteiger partial charge is 0.382 e. The summed E-state index contributed by atoms with van der Waals surface area (Å²) >= 11 is 0. The van der Waals surface area contributed by atoms with E-state index in [2.05, 4.69) is 10.3 Å². The first-order chi connectivity index (χ1) is 3.84. The Morgan fingerprint density at radius 2 is 2.62 bits per heavy atom. The van der Waals surface area contributed by atoms with Gasteiger partial charge in [0.15, 0.2) is 5.82 Å². The number of nitrogens with two attached hydrogens (primary N) is 1. The van der Waals surface area contributed by atoms with Gasteiger partial charge in [-0.15, -0.1) is 5.10 Å². The van der Waals surface area contributed by atoms with Crippen molar-refractivity contribution in [3.8, 4) is 0 Å². The molecule has 1 aromatic heterocycles.